The summed E-state index contributed by atoms with van der Waals surface area (Å²) < 4.78 is 53.4. The summed E-state index contributed by atoms with van der Waals surface area (Å²) in [6, 6.07) is 9.55. The van der Waals surface area contributed by atoms with Gasteiger partial charge in [0.25, 0.3) is 0 Å². The van der Waals surface area contributed by atoms with E-state index in [1.54, 1.807) is 30.2 Å². The van der Waals surface area contributed by atoms with Crippen LogP contribution in [-0.2, 0) is 26.6 Å². The average molecular weight is 487 g/mol. The Morgan fingerprint density at radius 3 is 2.59 bits per heavy atom. The fraction of sp³-hybridized carbons (Fsp3) is 0.217. The van der Waals surface area contributed by atoms with Crippen LogP contribution in [0.4, 0.5) is 10.1 Å². The minimum atomic E-state index is -3.80. The van der Waals surface area contributed by atoms with Gasteiger partial charge in [-0.3, -0.25) is 9.48 Å². The van der Waals surface area contributed by atoms with E-state index in [1.807, 2.05) is 0 Å². The molecule has 9 nitrogen and oxygen atoms in total. The quantitative estimate of drug-likeness (QED) is 0.515. The van der Waals surface area contributed by atoms with E-state index >= 15 is 0 Å². The van der Waals surface area contributed by atoms with Crippen molar-refractivity contribution < 1.29 is 27.1 Å². The third kappa shape index (κ3) is 5.68. The second-order valence-corrected chi connectivity index (χ2v) is 9.44. The van der Waals surface area contributed by atoms with E-state index in [1.165, 1.54) is 52.8 Å². The van der Waals surface area contributed by atoms with E-state index in [-0.39, 0.29) is 29.4 Å². The highest BCUT2D eigenvalue weighted by Crippen LogP contribution is 2.33. The van der Waals surface area contributed by atoms with E-state index in [0.29, 0.717) is 19.0 Å². The number of nitrogens with one attached hydrogen (secondary N) is 1. The molecule has 4 rings (SSSR count). The maximum atomic E-state index is 13.3. The van der Waals surface area contributed by atoms with E-state index in [0.717, 1.165) is 5.56 Å². The predicted octanol–water partition coefficient (Wildman–Crippen LogP) is 3.02. The number of nitrogens with zero attached hydrogens (tertiary/aromatic N) is 3. The normalized spacial score (nSPS) is 14.9. The van der Waals surface area contributed by atoms with Gasteiger partial charge < -0.3 is 14.8 Å². The van der Waals surface area contributed by atoms with Crippen LogP contribution in [0.2, 0.25) is 0 Å². The number of rotatable bonds is 7. The lowest BCUT2D eigenvalue weighted by Gasteiger charge is -2.26. The van der Waals surface area contributed by atoms with Crippen LogP contribution in [0.5, 0.6) is 11.5 Å². The molecule has 0 aliphatic carbocycles. The Hall–Kier alpha value is -3.54. The summed E-state index contributed by atoms with van der Waals surface area (Å²) in [7, 11) is -2.04. The summed E-state index contributed by atoms with van der Waals surface area (Å²) in [5.41, 5.74) is 0.878. The average Bonchev–Trinajstić information content (AvgIpc) is 3.26. The summed E-state index contributed by atoms with van der Waals surface area (Å²) in [6.45, 7) is 1.11. The van der Waals surface area contributed by atoms with Gasteiger partial charge in [0, 0.05) is 38.0 Å². The first-order chi connectivity index (χ1) is 16.3. The highest BCUT2D eigenvalue weighted by Gasteiger charge is 2.27. The SMILES string of the molecule is Cn1cc(/C=C/C(=O)Nc2cc(S(=O)(=O)N3CCOCC3)ccc2Oc2ccc(F)cc2)cn1. The summed E-state index contributed by atoms with van der Waals surface area (Å²) in [5, 5.41) is 6.71. The molecule has 0 radical (unpaired) electrons. The number of ether oxygens (including phenoxy) is 2. The Labute approximate surface area is 196 Å². The van der Waals surface area contributed by atoms with Crippen LogP contribution in [-0.4, -0.2) is 54.7 Å². The third-order valence-corrected chi connectivity index (χ3v) is 6.90. The lowest BCUT2D eigenvalue weighted by atomic mass is 10.2. The van der Waals surface area contributed by atoms with Gasteiger partial charge in [-0.25, -0.2) is 12.8 Å². The second kappa shape index (κ2) is 10.2. The van der Waals surface area contributed by atoms with Gasteiger partial charge in [0.2, 0.25) is 15.9 Å². The summed E-state index contributed by atoms with van der Waals surface area (Å²) >= 11 is 0. The van der Waals surface area contributed by atoms with Crippen molar-refractivity contribution >= 4 is 27.7 Å². The smallest absolute Gasteiger partial charge is 0.248 e. The number of aryl methyl sites for hydroxylation is 1. The van der Waals surface area contributed by atoms with E-state index < -0.39 is 21.7 Å². The molecule has 1 saturated heterocycles. The topological polar surface area (TPSA) is 103 Å². The number of anilines is 1. The Kier molecular flexibility index (Phi) is 7.06. The van der Waals surface area contributed by atoms with Crippen LogP contribution in [0.25, 0.3) is 6.08 Å². The molecule has 0 bridgehead atoms. The molecule has 1 aromatic heterocycles. The number of amides is 1. The maximum Gasteiger partial charge on any atom is 0.248 e. The van der Waals surface area contributed by atoms with Gasteiger partial charge in [0.05, 0.1) is 30.0 Å². The Balaban J connectivity index is 1.63. The number of hydrogen-bond donors (Lipinski definition) is 1. The van der Waals surface area contributed by atoms with Crippen LogP contribution in [0.15, 0.2) is 65.8 Å². The molecule has 0 unspecified atom stereocenters. The summed E-state index contributed by atoms with van der Waals surface area (Å²) in [4.78, 5) is 12.6. The molecule has 0 atom stereocenters. The first-order valence-corrected chi connectivity index (χ1v) is 11.9. The first-order valence-electron chi connectivity index (χ1n) is 10.4. The largest absolute Gasteiger partial charge is 0.455 e. The highest BCUT2D eigenvalue weighted by atomic mass is 32.2. The van der Waals surface area contributed by atoms with Gasteiger partial charge in [0.15, 0.2) is 5.75 Å². The summed E-state index contributed by atoms with van der Waals surface area (Å²) in [5.74, 6) is -0.385. The zero-order chi connectivity index (χ0) is 24.1. The Morgan fingerprint density at radius 1 is 1.18 bits per heavy atom. The fourth-order valence-electron chi connectivity index (χ4n) is 3.29. The van der Waals surface area contributed by atoms with Gasteiger partial charge in [-0.05, 0) is 48.5 Å². The number of sulfonamides is 1. The van der Waals surface area contributed by atoms with Crippen molar-refractivity contribution in [1.82, 2.24) is 14.1 Å². The second-order valence-electron chi connectivity index (χ2n) is 7.50. The third-order valence-electron chi connectivity index (χ3n) is 5.01. The van der Waals surface area contributed by atoms with Gasteiger partial charge >= 0.3 is 0 Å². The van der Waals surface area contributed by atoms with Crippen LogP contribution in [0, 0.1) is 5.82 Å². The van der Waals surface area contributed by atoms with E-state index in [2.05, 4.69) is 10.4 Å². The Morgan fingerprint density at radius 2 is 1.91 bits per heavy atom. The number of carbonyl (C=O) groups excluding carboxylic acids is 1. The van der Waals surface area contributed by atoms with Gasteiger partial charge in [-0.1, -0.05) is 0 Å². The molecule has 1 N–H and O–H groups in total. The fourth-order valence-corrected chi connectivity index (χ4v) is 4.73. The highest BCUT2D eigenvalue weighted by molar-refractivity contribution is 7.89. The van der Waals surface area contributed by atoms with Crippen molar-refractivity contribution in [3.8, 4) is 11.5 Å². The van der Waals surface area contributed by atoms with Gasteiger partial charge in [-0.15, -0.1) is 0 Å². The molecule has 2 heterocycles. The number of hydrogen-bond acceptors (Lipinski definition) is 6. The summed E-state index contributed by atoms with van der Waals surface area (Å²) in [6.07, 6.45) is 6.23. The monoisotopic (exact) mass is 486 g/mol. The van der Waals surface area contributed by atoms with Crippen molar-refractivity contribution in [3.05, 3.63) is 72.3 Å². The molecule has 0 saturated carbocycles. The molecular formula is C23H23FN4O5S. The molecule has 1 fully saturated rings. The standard InChI is InChI=1S/C23H23FN4O5S/c1-27-16-17(15-25-27)2-9-23(29)26-21-14-20(34(30,31)28-10-12-32-13-11-28)7-8-22(21)33-19-5-3-18(24)4-6-19/h2-9,14-16H,10-13H2,1H3,(H,26,29)/b9-2+. The molecule has 1 aliphatic rings. The van der Waals surface area contributed by atoms with Crippen molar-refractivity contribution in [2.75, 3.05) is 31.6 Å². The molecule has 1 aliphatic heterocycles. The van der Waals surface area contributed by atoms with Crippen LogP contribution < -0.4 is 10.1 Å². The lowest BCUT2D eigenvalue weighted by molar-refractivity contribution is -0.111. The molecule has 0 spiro atoms. The Bertz CT molecular complexity index is 1300. The lowest BCUT2D eigenvalue weighted by Crippen LogP contribution is -2.40. The zero-order valence-electron chi connectivity index (χ0n) is 18.3. The molecule has 34 heavy (non-hydrogen) atoms. The maximum absolute atomic E-state index is 13.3. The van der Waals surface area contributed by atoms with Gasteiger partial charge in [0.1, 0.15) is 11.6 Å². The van der Waals surface area contributed by atoms with Crippen molar-refractivity contribution in [3.63, 3.8) is 0 Å². The number of morpholine rings is 1. The van der Waals surface area contributed by atoms with Crippen LogP contribution in [0.3, 0.4) is 0 Å². The van der Waals surface area contributed by atoms with Crippen molar-refractivity contribution in [2.45, 2.75) is 4.90 Å². The molecule has 3 aromatic rings. The number of benzene rings is 2. The molecule has 178 valence electrons. The van der Waals surface area contributed by atoms with Crippen LogP contribution in [0.1, 0.15) is 5.56 Å². The van der Waals surface area contributed by atoms with E-state index in [4.69, 9.17) is 9.47 Å². The number of carbonyl (C=O) groups is 1. The van der Waals surface area contributed by atoms with Gasteiger partial charge in [-0.2, -0.15) is 9.40 Å². The zero-order valence-corrected chi connectivity index (χ0v) is 19.2. The number of aromatic nitrogens is 2. The number of halogens is 1. The minimum absolute atomic E-state index is 0.00685. The van der Waals surface area contributed by atoms with E-state index in [9.17, 15) is 17.6 Å². The van der Waals surface area contributed by atoms with Crippen molar-refractivity contribution in [2.24, 2.45) is 7.05 Å². The molecule has 1 amide bonds. The van der Waals surface area contributed by atoms with Crippen molar-refractivity contribution in [1.29, 1.82) is 0 Å². The first kappa shape index (κ1) is 23.6. The van der Waals surface area contributed by atoms with Crippen LogP contribution >= 0.6 is 0 Å². The molecule has 11 heteroatoms. The predicted molar refractivity (Wildman–Crippen MR) is 123 cm³/mol. The molecular weight excluding hydrogens is 463 g/mol. The molecule has 2 aromatic carbocycles. The minimum Gasteiger partial charge on any atom is -0.455 e.